The SMILES string of the molecule is O=C(CCCOc1ccc2c(c1)C1(CC2)CCC(C(=O)O)CC1)NCCc1cccc(OCCN2CCCC2)c1. The first kappa shape index (κ1) is 28.5. The van der Waals surface area contributed by atoms with Crippen LogP contribution in [0.5, 0.6) is 11.5 Å². The lowest BCUT2D eigenvalue weighted by atomic mass is 9.67. The lowest BCUT2D eigenvalue weighted by Gasteiger charge is -2.37. The molecule has 1 amide bonds. The molecule has 216 valence electrons. The maximum Gasteiger partial charge on any atom is 0.306 e. The molecule has 1 heterocycles. The van der Waals surface area contributed by atoms with E-state index in [1.54, 1.807) is 0 Å². The quantitative estimate of drug-likeness (QED) is 0.337. The molecule has 2 aliphatic carbocycles. The Labute approximate surface area is 238 Å². The van der Waals surface area contributed by atoms with Crippen molar-refractivity contribution in [3.63, 3.8) is 0 Å². The van der Waals surface area contributed by atoms with E-state index in [1.165, 1.54) is 37.1 Å². The molecule has 1 saturated carbocycles. The maximum atomic E-state index is 12.4. The highest BCUT2D eigenvalue weighted by molar-refractivity contribution is 5.75. The highest BCUT2D eigenvalue weighted by Crippen LogP contribution is 2.50. The molecule has 2 aromatic rings. The molecule has 7 heteroatoms. The number of ether oxygens (including phenoxy) is 2. The molecule has 2 aromatic carbocycles. The molecule has 2 fully saturated rings. The molecule has 0 radical (unpaired) electrons. The second-order valence-electron chi connectivity index (χ2n) is 11.8. The fourth-order valence-electron chi connectivity index (χ4n) is 6.75. The van der Waals surface area contributed by atoms with E-state index in [0.717, 1.165) is 68.6 Å². The number of amides is 1. The Balaban J connectivity index is 0.988. The van der Waals surface area contributed by atoms with Crippen LogP contribution in [0.2, 0.25) is 0 Å². The average Bonchev–Trinajstić information content (AvgIpc) is 3.60. The standard InChI is InChI=1S/C33H44N2O5/c36-31(34-17-13-25-5-3-6-28(23-25)40-22-20-35-18-1-2-19-35)7-4-21-39-29-9-8-26-10-14-33(30(26)24-29)15-11-27(12-16-33)32(37)38/h3,5-6,8-9,23-24,27H,1-2,4,7,10-22H2,(H,34,36)(H,37,38). The third-order valence-electron chi connectivity index (χ3n) is 9.14. The molecule has 1 saturated heterocycles. The fraction of sp³-hybridized carbons (Fsp3) is 0.576. The second kappa shape index (κ2) is 13.5. The van der Waals surface area contributed by atoms with Crippen molar-refractivity contribution in [1.29, 1.82) is 0 Å². The number of nitrogens with zero attached hydrogens (tertiary/aromatic N) is 1. The normalized spacial score (nSPS) is 22.2. The van der Waals surface area contributed by atoms with Gasteiger partial charge in [0.1, 0.15) is 18.1 Å². The van der Waals surface area contributed by atoms with Crippen molar-refractivity contribution in [3.05, 3.63) is 59.2 Å². The number of carboxylic acid groups (broad SMARTS) is 1. The molecule has 40 heavy (non-hydrogen) atoms. The number of nitrogens with one attached hydrogen (secondary N) is 1. The number of aliphatic carboxylic acids is 1. The summed E-state index contributed by atoms with van der Waals surface area (Å²) in [6.45, 7) is 5.15. The Morgan fingerprint density at radius 2 is 1.75 bits per heavy atom. The zero-order chi connectivity index (χ0) is 27.8. The lowest BCUT2D eigenvalue weighted by molar-refractivity contribution is -0.143. The van der Waals surface area contributed by atoms with Gasteiger partial charge in [0.15, 0.2) is 0 Å². The smallest absolute Gasteiger partial charge is 0.306 e. The Kier molecular flexibility index (Phi) is 9.63. The van der Waals surface area contributed by atoms with Crippen molar-refractivity contribution in [3.8, 4) is 11.5 Å². The van der Waals surface area contributed by atoms with Gasteiger partial charge in [0.2, 0.25) is 5.91 Å². The summed E-state index contributed by atoms with van der Waals surface area (Å²) in [4.78, 5) is 26.2. The van der Waals surface area contributed by atoms with Crippen LogP contribution in [0.25, 0.3) is 0 Å². The van der Waals surface area contributed by atoms with Gasteiger partial charge in [0, 0.05) is 19.5 Å². The van der Waals surface area contributed by atoms with Crippen LogP contribution in [0.4, 0.5) is 0 Å². The molecular weight excluding hydrogens is 504 g/mol. The van der Waals surface area contributed by atoms with Crippen LogP contribution in [-0.4, -0.2) is 61.3 Å². The minimum Gasteiger partial charge on any atom is -0.494 e. The van der Waals surface area contributed by atoms with Crippen LogP contribution in [0.1, 0.15) is 74.5 Å². The first-order valence-corrected chi connectivity index (χ1v) is 15.2. The van der Waals surface area contributed by atoms with E-state index in [0.29, 0.717) is 32.6 Å². The van der Waals surface area contributed by atoms with Crippen LogP contribution in [0.3, 0.4) is 0 Å². The predicted octanol–water partition coefficient (Wildman–Crippen LogP) is 5.14. The van der Waals surface area contributed by atoms with Gasteiger partial charge in [0.05, 0.1) is 12.5 Å². The summed E-state index contributed by atoms with van der Waals surface area (Å²) in [6, 6.07) is 14.5. The van der Waals surface area contributed by atoms with E-state index in [2.05, 4.69) is 34.5 Å². The minimum absolute atomic E-state index is 0.0460. The van der Waals surface area contributed by atoms with Gasteiger partial charge in [-0.1, -0.05) is 18.2 Å². The van der Waals surface area contributed by atoms with Gasteiger partial charge in [-0.15, -0.1) is 0 Å². The summed E-state index contributed by atoms with van der Waals surface area (Å²) in [5.41, 5.74) is 4.00. The Morgan fingerprint density at radius 3 is 2.55 bits per heavy atom. The van der Waals surface area contributed by atoms with Gasteiger partial charge >= 0.3 is 5.97 Å². The second-order valence-corrected chi connectivity index (χ2v) is 11.8. The van der Waals surface area contributed by atoms with E-state index in [9.17, 15) is 14.7 Å². The van der Waals surface area contributed by atoms with E-state index in [1.807, 2.05) is 18.2 Å². The number of likely N-dealkylation sites (tertiary alicyclic amines) is 1. The molecule has 0 bridgehead atoms. The first-order valence-electron chi connectivity index (χ1n) is 15.2. The summed E-state index contributed by atoms with van der Waals surface area (Å²) in [7, 11) is 0. The maximum absolute atomic E-state index is 12.4. The predicted molar refractivity (Wildman–Crippen MR) is 155 cm³/mol. The van der Waals surface area contributed by atoms with Gasteiger partial charge in [-0.25, -0.2) is 0 Å². The third kappa shape index (κ3) is 7.36. The van der Waals surface area contributed by atoms with Gasteiger partial charge in [-0.3, -0.25) is 14.5 Å². The Morgan fingerprint density at radius 1 is 0.975 bits per heavy atom. The molecule has 1 aliphatic heterocycles. The fourth-order valence-corrected chi connectivity index (χ4v) is 6.75. The summed E-state index contributed by atoms with van der Waals surface area (Å²) in [5, 5.41) is 12.4. The molecular formula is C33H44N2O5. The zero-order valence-electron chi connectivity index (χ0n) is 23.7. The average molecular weight is 549 g/mol. The summed E-state index contributed by atoms with van der Waals surface area (Å²) in [5.74, 6) is 0.934. The van der Waals surface area contributed by atoms with E-state index >= 15 is 0 Å². The molecule has 0 atom stereocenters. The van der Waals surface area contributed by atoms with Crippen LogP contribution >= 0.6 is 0 Å². The monoisotopic (exact) mass is 548 g/mol. The lowest BCUT2D eigenvalue weighted by Crippen LogP contribution is -2.32. The van der Waals surface area contributed by atoms with Crippen molar-refractivity contribution in [1.82, 2.24) is 10.2 Å². The summed E-state index contributed by atoms with van der Waals surface area (Å²) < 4.78 is 12.0. The van der Waals surface area contributed by atoms with Gasteiger partial charge < -0.3 is 19.9 Å². The van der Waals surface area contributed by atoms with E-state index in [4.69, 9.17) is 9.47 Å². The molecule has 1 spiro atoms. The zero-order valence-corrected chi connectivity index (χ0v) is 23.7. The summed E-state index contributed by atoms with van der Waals surface area (Å²) >= 11 is 0. The van der Waals surface area contributed by atoms with Crippen LogP contribution in [-0.2, 0) is 27.8 Å². The van der Waals surface area contributed by atoms with Gasteiger partial charge in [-0.2, -0.15) is 0 Å². The van der Waals surface area contributed by atoms with Gasteiger partial charge in [0.25, 0.3) is 0 Å². The number of carbonyl (C=O) groups is 2. The van der Waals surface area contributed by atoms with Crippen molar-refractivity contribution in [2.24, 2.45) is 5.92 Å². The van der Waals surface area contributed by atoms with Crippen LogP contribution in [0, 0.1) is 5.92 Å². The topological polar surface area (TPSA) is 88.1 Å². The van der Waals surface area contributed by atoms with E-state index < -0.39 is 5.97 Å². The van der Waals surface area contributed by atoms with Crippen LogP contribution < -0.4 is 14.8 Å². The van der Waals surface area contributed by atoms with Gasteiger partial charge in [-0.05, 0) is 124 Å². The summed E-state index contributed by atoms with van der Waals surface area (Å²) in [6.07, 6.45) is 10.0. The third-order valence-corrected chi connectivity index (χ3v) is 9.14. The Hall–Kier alpha value is -3.06. The van der Waals surface area contributed by atoms with E-state index in [-0.39, 0.29) is 17.2 Å². The molecule has 7 nitrogen and oxygen atoms in total. The number of hydrogen-bond donors (Lipinski definition) is 2. The number of rotatable bonds is 13. The first-order chi connectivity index (χ1) is 19.5. The largest absolute Gasteiger partial charge is 0.494 e. The minimum atomic E-state index is -0.656. The number of benzene rings is 2. The molecule has 5 rings (SSSR count). The number of aryl methyl sites for hydroxylation is 1. The highest BCUT2D eigenvalue weighted by Gasteiger charge is 2.43. The Bertz CT molecular complexity index is 1150. The number of carboxylic acids is 1. The number of fused-ring (bicyclic) bond motifs is 2. The number of hydrogen-bond acceptors (Lipinski definition) is 5. The van der Waals surface area contributed by atoms with Crippen molar-refractivity contribution in [2.45, 2.75) is 76.0 Å². The van der Waals surface area contributed by atoms with Crippen molar-refractivity contribution >= 4 is 11.9 Å². The molecule has 2 N–H and O–H groups in total. The van der Waals surface area contributed by atoms with Crippen molar-refractivity contribution in [2.75, 3.05) is 39.4 Å². The molecule has 0 unspecified atom stereocenters. The highest BCUT2D eigenvalue weighted by atomic mass is 16.5. The molecule has 3 aliphatic rings. The number of carbonyl (C=O) groups excluding carboxylic acids is 1. The van der Waals surface area contributed by atoms with Crippen LogP contribution in [0.15, 0.2) is 42.5 Å². The van der Waals surface area contributed by atoms with Crippen molar-refractivity contribution < 1.29 is 24.2 Å². The molecule has 0 aromatic heterocycles.